The maximum atomic E-state index is 13.6. The van der Waals surface area contributed by atoms with Crippen LogP contribution in [0.3, 0.4) is 0 Å². The normalized spacial score (nSPS) is 15.7. The lowest BCUT2D eigenvalue weighted by atomic mass is 9.93. The lowest BCUT2D eigenvalue weighted by Crippen LogP contribution is -2.42. The van der Waals surface area contributed by atoms with Gasteiger partial charge in [-0.05, 0) is 25.0 Å². The average Bonchev–Trinajstić information content (AvgIpc) is 2.61. The standard InChI is InChI=1S/C19H20F2N2O3/c20-12-6-7-14(16(21)10-12)17(24)8-9-18(25)15(11-22)19(26)23-13-4-2-1-3-5-13/h6-7,10,13,15H,1-5,8-9H2,(H,23,26). The van der Waals surface area contributed by atoms with E-state index < -0.39 is 35.0 Å². The lowest BCUT2D eigenvalue weighted by Gasteiger charge is -2.23. The summed E-state index contributed by atoms with van der Waals surface area (Å²) in [7, 11) is 0. The van der Waals surface area contributed by atoms with Crippen LogP contribution in [-0.4, -0.2) is 23.5 Å². The molecule has 1 saturated carbocycles. The molecule has 1 amide bonds. The van der Waals surface area contributed by atoms with Crippen LogP contribution in [0.2, 0.25) is 0 Å². The summed E-state index contributed by atoms with van der Waals surface area (Å²) in [5, 5.41) is 11.9. The lowest BCUT2D eigenvalue weighted by molar-refractivity contribution is -0.132. The van der Waals surface area contributed by atoms with Crippen molar-refractivity contribution in [2.75, 3.05) is 0 Å². The minimum absolute atomic E-state index is 0.0326. The monoisotopic (exact) mass is 362 g/mol. The number of benzene rings is 1. The Morgan fingerprint density at radius 2 is 1.85 bits per heavy atom. The van der Waals surface area contributed by atoms with Crippen LogP contribution in [0.4, 0.5) is 8.78 Å². The maximum Gasteiger partial charge on any atom is 0.245 e. The van der Waals surface area contributed by atoms with E-state index in [1.54, 1.807) is 6.07 Å². The first-order valence-corrected chi connectivity index (χ1v) is 8.63. The van der Waals surface area contributed by atoms with Crippen LogP contribution in [0.5, 0.6) is 0 Å². The zero-order valence-electron chi connectivity index (χ0n) is 14.3. The molecule has 0 heterocycles. The molecule has 1 atom stereocenters. The summed E-state index contributed by atoms with van der Waals surface area (Å²) in [4.78, 5) is 36.3. The molecule has 1 aromatic rings. The Bertz CT molecular complexity index is 737. The number of nitrogens with zero attached hydrogens (tertiary/aromatic N) is 1. The molecule has 0 saturated heterocycles. The molecule has 2 rings (SSSR count). The van der Waals surface area contributed by atoms with Gasteiger partial charge in [-0.1, -0.05) is 19.3 Å². The minimum Gasteiger partial charge on any atom is -0.352 e. The largest absolute Gasteiger partial charge is 0.352 e. The van der Waals surface area contributed by atoms with Gasteiger partial charge in [0.25, 0.3) is 0 Å². The van der Waals surface area contributed by atoms with E-state index in [0.29, 0.717) is 6.07 Å². The molecule has 5 nitrogen and oxygen atoms in total. The molecule has 0 aromatic heterocycles. The molecule has 1 aliphatic rings. The molecule has 138 valence electrons. The quantitative estimate of drug-likeness (QED) is 0.596. The van der Waals surface area contributed by atoms with Gasteiger partial charge in [-0.2, -0.15) is 5.26 Å². The number of amides is 1. The first kappa shape index (κ1) is 19.7. The molecule has 26 heavy (non-hydrogen) atoms. The summed E-state index contributed by atoms with van der Waals surface area (Å²) < 4.78 is 26.4. The summed E-state index contributed by atoms with van der Waals surface area (Å²) in [6.45, 7) is 0. The van der Waals surface area contributed by atoms with Crippen molar-refractivity contribution in [1.82, 2.24) is 5.32 Å². The second-order valence-corrected chi connectivity index (χ2v) is 6.42. The van der Waals surface area contributed by atoms with Gasteiger partial charge in [0.1, 0.15) is 11.6 Å². The van der Waals surface area contributed by atoms with Crippen molar-refractivity contribution in [2.24, 2.45) is 5.92 Å². The third kappa shape index (κ3) is 5.19. The van der Waals surface area contributed by atoms with Gasteiger partial charge in [0, 0.05) is 24.9 Å². The highest BCUT2D eigenvalue weighted by Gasteiger charge is 2.29. The van der Waals surface area contributed by atoms with Gasteiger partial charge in [0.2, 0.25) is 5.91 Å². The number of carbonyl (C=O) groups excluding carboxylic acids is 3. The number of Topliss-reactive ketones (excluding diaryl/α,β-unsaturated/α-hetero) is 2. The number of hydrogen-bond donors (Lipinski definition) is 1. The third-order valence-corrected chi connectivity index (χ3v) is 4.49. The fourth-order valence-electron chi connectivity index (χ4n) is 3.04. The van der Waals surface area contributed by atoms with Crippen molar-refractivity contribution < 1.29 is 23.2 Å². The van der Waals surface area contributed by atoms with E-state index in [0.717, 1.165) is 44.2 Å². The van der Waals surface area contributed by atoms with Crippen LogP contribution in [0, 0.1) is 28.9 Å². The number of nitrogens with one attached hydrogen (secondary N) is 1. The first-order chi connectivity index (χ1) is 12.4. The van der Waals surface area contributed by atoms with Gasteiger partial charge in [-0.25, -0.2) is 8.78 Å². The SMILES string of the molecule is N#CC(C(=O)CCC(=O)c1ccc(F)cc1F)C(=O)NC1CCCCC1. The van der Waals surface area contributed by atoms with E-state index in [2.05, 4.69) is 5.32 Å². The Morgan fingerprint density at radius 3 is 2.46 bits per heavy atom. The number of rotatable bonds is 7. The van der Waals surface area contributed by atoms with Crippen LogP contribution >= 0.6 is 0 Å². The number of hydrogen-bond acceptors (Lipinski definition) is 4. The van der Waals surface area contributed by atoms with Crippen molar-refractivity contribution in [2.45, 2.75) is 51.0 Å². The van der Waals surface area contributed by atoms with Crippen molar-refractivity contribution in [1.29, 1.82) is 5.26 Å². The second-order valence-electron chi connectivity index (χ2n) is 6.42. The second kappa shape index (κ2) is 9.18. The highest BCUT2D eigenvalue weighted by Crippen LogP contribution is 2.18. The van der Waals surface area contributed by atoms with Crippen molar-refractivity contribution in [3.8, 4) is 6.07 Å². The molecule has 1 aromatic carbocycles. The molecular formula is C19H20F2N2O3. The molecule has 0 bridgehead atoms. The highest BCUT2D eigenvalue weighted by atomic mass is 19.1. The molecule has 1 N–H and O–H groups in total. The van der Waals surface area contributed by atoms with E-state index in [1.165, 1.54) is 0 Å². The predicted molar refractivity (Wildman–Crippen MR) is 89.0 cm³/mol. The fourth-order valence-corrected chi connectivity index (χ4v) is 3.04. The summed E-state index contributed by atoms with van der Waals surface area (Å²) in [6, 6.07) is 4.19. The van der Waals surface area contributed by atoms with E-state index in [9.17, 15) is 23.2 Å². The van der Waals surface area contributed by atoms with Crippen molar-refractivity contribution >= 4 is 17.5 Å². The summed E-state index contributed by atoms with van der Waals surface area (Å²) in [6.07, 6.45) is 4.03. The Labute approximate surface area is 150 Å². The highest BCUT2D eigenvalue weighted by molar-refractivity contribution is 6.06. The number of carbonyl (C=O) groups is 3. The van der Waals surface area contributed by atoms with Crippen LogP contribution < -0.4 is 5.32 Å². The number of nitriles is 1. The number of ketones is 2. The summed E-state index contributed by atoms with van der Waals surface area (Å²) >= 11 is 0. The van der Waals surface area contributed by atoms with Gasteiger partial charge in [0.05, 0.1) is 11.6 Å². The number of halogens is 2. The van der Waals surface area contributed by atoms with Crippen LogP contribution in [0.15, 0.2) is 18.2 Å². The molecule has 0 radical (unpaired) electrons. The molecule has 1 unspecified atom stereocenters. The minimum atomic E-state index is -1.48. The molecule has 1 fully saturated rings. The van der Waals surface area contributed by atoms with Gasteiger partial charge in [-0.15, -0.1) is 0 Å². The van der Waals surface area contributed by atoms with E-state index in [-0.39, 0.29) is 24.4 Å². The molecule has 7 heteroatoms. The topological polar surface area (TPSA) is 87.0 Å². The zero-order chi connectivity index (χ0) is 19.1. The van der Waals surface area contributed by atoms with Crippen LogP contribution in [0.25, 0.3) is 0 Å². The molecular weight excluding hydrogens is 342 g/mol. The van der Waals surface area contributed by atoms with E-state index in [4.69, 9.17) is 5.26 Å². The van der Waals surface area contributed by atoms with Gasteiger partial charge in [0.15, 0.2) is 17.5 Å². The fraction of sp³-hybridized carbons (Fsp3) is 0.474. The third-order valence-electron chi connectivity index (χ3n) is 4.49. The Kier molecular flexibility index (Phi) is 6.96. The van der Waals surface area contributed by atoms with E-state index in [1.807, 2.05) is 0 Å². The van der Waals surface area contributed by atoms with Gasteiger partial charge < -0.3 is 5.32 Å². The summed E-state index contributed by atoms with van der Waals surface area (Å²) in [5.41, 5.74) is -0.320. The van der Waals surface area contributed by atoms with Crippen molar-refractivity contribution in [3.05, 3.63) is 35.4 Å². The Hall–Kier alpha value is -2.62. The van der Waals surface area contributed by atoms with Gasteiger partial charge in [-0.3, -0.25) is 14.4 Å². The van der Waals surface area contributed by atoms with Crippen LogP contribution in [-0.2, 0) is 9.59 Å². The first-order valence-electron chi connectivity index (χ1n) is 8.63. The Morgan fingerprint density at radius 1 is 1.15 bits per heavy atom. The Balaban J connectivity index is 1.90. The summed E-state index contributed by atoms with van der Waals surface area (Å²) in [5.74, 6) is -5.31. The maximum absolute atomic E-state index is 13.6. The smallest absolute Gasteiger partial charge is 0.245 e. The molecule has 1 aliphatic carbocycles. The average molecular weight is 362 g/mol. The van der Waals surface area contributed by atoms with Crippen LogP contribution in [0.1, 0.15) is 55.3 Å². The van der Waals surface area contributed by atoms with Gasteiger partial charge >= 0.3 is 0 Å². The molecule has 0 aliphatic heterocycles. The predicted octanol–water partition coefficient (Wildman–Crippen LogP) is 3.09. The zero-order valence-corrected chi connectivity index (χ0v) is 14.3. The molecule has 0 spiro atoms. The van der Waals surface area contributed by atoms with Crippen molar-refractivity contribution in [3.63, 3.8) is 0 Å². The van der Waals surface area contributed by atoms with E-state index >= 15 is 0 Å².